The van der Waals surface area contributed by atoms with E-state index in [9.17, 15) is 5.11 Å². The molecule has 2 unspecified atom stereocenters. The molecule has 0 spiro atoms. The number of nitrogens with zero attached hydrogens (tertiary/aromatic N) is 1. The van der Waals surface area contributed by atoms with Gasteiger partial charge in [0.15, 0.2) is 0 Å². The molecule has 0 saturated heterocycles. The summed E-state index contributed by atoms with van der Waals surface area (Å²) in [5, 5.41) is 12.4. The zero-order valence-corrected chi connectivity index (χ0v) is 8.14. The van der Waals surface area contributed by atoms with Crippen molar-refractivity contribution in [3.8, 4) is 0 Å². The molecule has 1 rings (SSSR count). The lowest BCUT2D eigenvalue weighted by Crippen LogP contribution is -2.34. The van der Waals surface area contributed by atoms with E-state index >= 15 is 0 Å². The molecule has 0 aliphatic heterocycles. The molecule has 0 aliphatic rings. The van der Waals surface area contributed by atoms with Crippen LogP contribution in [0.1, 0.15) is 18.7 Å². The Balaban J connectivity index is 2.27. The average molecular weight is 186 g/mol. The van der Waals surface area contributed by atoms with Crippen LogP contribution in [0.15, 0.2) is 11.7 Å². The Hall–Kier alpha value is -0.450. The molecule has 68 valence electrons. The Kier molecular flexibility index (Phi) is 3.65. The van der Waals surface area contributed by atoms with Crippen molar-refractivity contribution in [1.29, 1.82) is 0 Å². The van der Waals surface area contributed by atoms with Crippen molar-refractivity contribution in [3.05, 3.63) is 16.6 Å². The molecule has 2 atom stereocenters. The zero-order chi connectivity index (χ0) is 8.97. The lowest BCUT2D eigenvalue weighted by molar-refractivity contribution is 0.152. The fourth-order valence-electron chi connectivity index (χ4n) is 0.762. The summed E-state index contributed by atoms with van der Waals surface area (Å²) in [4.78, 5) is 5.16. The van der Waals surface area contributed by atoms with Gasteiger partial charge in [0, 0.05) is 23.7 Å². The van der Waals surface area contributed by atoms with Gasteiger partial charge in [-0.05, 0) is 13.8 Å². The lowest BCUT2D eigenvalue weighted by Gasteiger charge is -2.15. The highest BCUT2D eigenvalue weighted by atomic mass is 32.1. The topological polar surface area (TPSA) is 45.1 Å². The van der Waals surface area contributed by atoms with Crippen molar-refractivity contribution in [2.24, 2.45) is 0 Å². The van der Waals surface area contributed by atoms with Crippen LogP contribution in [0.3, 0.4) is 0 Å². The smallest absolute Gasteiger partial charge is 0.0794 e. The summed E-state index contributed by atoms with van der Waals surface area (Å²) in [7, 11) is 0. The molecule has 3 nitrogen and oxygen atoms in total. The van der Waals surface area contributed by atoms with Crippen LogP contribution in [0.2, 0.25) is 0 Å². The van der Waals surface area contributed by atoms with Gasteiger partial charge in [0.25, 0.3) is 0 Å². The third-order valence-electron chi connectivity index (χ3n) is 1.81. The summed E-state index contributed by atoms with van der Waals surface area (Å²) < 4.78 is 0. The third-order valence-corrected chi connectivity index (χ3v) is 2.58. The number of hydrogen-bond acceptors (Lipinski definition) is 4. The normalized spacial score (nSPS) is 15.9. The van der Waals surface area contributed by atoms with Crippen LogP contribution in [0.25, 0.3) is 0 Å². The molecule has 0 bridgehead atoms. The van der Waals surface area contributed by atoms with E-state index in [1.807, 2.05) is 18.6 Å². The lowest BCUT2D eigenvalue weighted by atomic mass is 10.2. The molecular formula is C8H14N2OS. The van der Waals surface area contributed by atoms with Gasteiger partial charge in [-0.2, -0.15) is 0 Å². The fourth-order valence-corrected chi connectivity index (χ4v) is 1.31. The molecule has 0 fully saturated rings. The number of aliphatic hydroxyl groups excluding tert-OH is 1. The van der Waals surface area contributed by atoms with Gasteiger partial charge in [0.1, 0.15) is 0 Å². The van der Waals surface area contributed by atoms with E-state index in [4.69, 9.17) is 0 Å². The van der Waals surface area contributed by atoms with E-state index in [1.54, 1.807) is 18.3 Å². The molecular weight excluding hydrogens is 172 g/mol. The maximum absolute atomic E-state index is 9.17. The second kappa shape index (κ2) is 4.54. The largest absolute Gasteiger partial charge is 0.392 e. The molecule has 4 heteroatoms. The van der Waals surface area contributed by atoms with E-state index in [0.717, 1.165) is 6.54 Å². The first-order chi connectivity index (χ1) is 5.70. The fraction of sp³-hybridized carbons (Fsp3) is 0.625. The second-order valence-corrected chi connectivity index (χ2v) is 3.85. The molecule has 2 N–H and O–H groups in total. The Morgan fingerprint density at radius 2 is 2.42 bits per heavy atom. The highest BCUT2D eigenvalue weighted by Crippen LogP contribution is 2.05. The van der Waals surface area contributed by atoms with E-state index in [2.05, 4.69) is 10.3 Å². The SMILES string of the molecule is CC(O)C(C)NCc1cncs1. The first-order valence-electron chi connectivity index (χ1n) is 3.99. The van der Waals surface area contributed by atoms with Crippen LogP contribution in [0, 0.1) is 0 Å². The third kappa shape index (κ3) is 2.89. The van der Waals surface area contributed by atoms with Crippen LogP contribution < -0.4 is 5.32 Å². The first kappa shape index (κ1) is 9.64. The second-order valence-electron chi connectivity index (χ2n) is 2.88. The van der Waals surface area contributed by atoms with Crippen LogP contribution in [-0.4, -0.2) is 22.2 Å². The Bertz CT molecular complexity index is 211. The minimum absolute atomic E-state index is 0.132. The molecule has 1 aromatic rings. The van der Waals surface area contributed by atoms with Crippen LogP contribution in [0.5, 0.6) is 0 Å². The highest BCUT2D eigenvalue weighted by molar-refractivity contribution is 7.09. The van der Waals surface area contributed by atoms with E-state index in [0.29, 0.717) is 0 Å². The molecule has 1 aromatic heterocycles. The minimum Gasteiger partial charge on any atom is -0.392 e. The zero-order valence-electron chi connectivity index (χ0n) is 7.32. The van der Waals surface area contributed by atoms with Gasteiger partial charge >= 0.3 is 0 Å². The van der Waals surface area contributed by atoms with Crippen molar-refractivity contribution in [3.63, 3.8) is 0 Å². The number of nitrogens with one attached hydrogen (secondary N) is 1. The molecule has 0 aromatic carbocycles. The predicted molar refractivity (Wildman–Crippen MR) is 50.1 cm³/mol. The van der Waals surface area contributed by atoms with Gasteiger partial charge in [-0.3, -0.25) is 4.98 Å². The van der Waals surface area contributed by atoms with Crippen molar-refractivity contribution in [2.75, 3.05) is 0 Å². The van der Waals surface area contributed by atoms with Gasteiger partial charge in [-0.15, -0.1) is 11.3 Å². The van der Waals surface area contributed by atoms with Gasteiger partial charge in [0.2, 0.25) is 0 Å². The quantitative estimate of drug-likeness (QED) is 0.737. The summed E-state index contributed by atoms with van der Waals surface area (Å²) in [6, 6.07) is 0.132. The van der Waals surface area contributed by atoms with Crippen LogP contribution >= 0.6 is 11.3 Å². The standard InChI is InChI=1S/C8H14N2OS/c1-6(7(2)11)10-4-8-3-9-5-12-8/h3,5-7,10-11H,4H2,1-2H3. The number of rotatable bonds is 4. The minimum atomic E-state index is -0.307. The van der Waals surface area contributed by atoms with Crippen molar-refractivity contribution in [2.45, 2.75) is 32.5 Å². The monoisotopic (exact) mass is 186 g/mol. The molecule has 0 saturated carbocycles. The Morgan fingerprint density at radius 1 is 1.67 bits per heavy atom. The van der Waals surface area contributed by atoms with E-state index in [-0.39, 0.29) is 12.1 Å². The summed E-state index contributed by atoms with van der Waals surface area (Å²) >= 11 is 1.62. The Labute approximate surface area is 76.5 Å². The summed E-state index contributed by atoms with van der Waals surface area (Å²) in [5.41, 5.74) is 1.81. The van der Waals surface area contributed by atoms with Crippen LogP contribution in [-0.2, 0) is 6.54 Å². The molecule has 0 radical (unpaired) electrons. The van der Waals surface area contributed by atoms with E-state index in [1.165, 1.54) is 4.88 Å². The summed E-state index contributed by atoms with van der Waals surface area (Å²) in [5.74, 6) is 0. The van der Waals surface area contributed by atoms with Gasteiger partial charge < -0.3 is 10.4 Å². The first-order valence-corrected chi connectivity index (χ1v) is 4.87. The van der Waals surface area contributed by atoms with Crippen LogP contribution in [0.4, 0.5) is 0 Å². The summed E-state index contributed by atoms with van der Waals surface area (Å²) in [6.07, 6.45) is 1.53. The maximum atomic E-state index is 9.17. The molecule has 1 heterocycles. The number of hydrogen-bond donors (Lipinski definition) is 2. The van der Waals surface area contributed by atoms with Crippen molar-refractivity contribution in [1.82, 2.24) is 10.3 Å². The van der Waals surface area contributed by atoms with Crippen molar-refractivity contribution < 1.29 is 5.11 Å². The van der Waals surface area contributed by atoms with Gasteiger partial charge in [-0.1, -0.05) is 0 Å². The number of aliphatic hydroxyl groups is 1. The predicted octanol–water partition coefficient (Wildman–Crippen LogP) is 1.00. The maximum Gasteiger partial charge on any atom is 0.0794 e. The van der Waals surface area contributed by atoms with Gasteiger partial charge in [-0.25, -0.2) is 0 Å². The number of thiazole rings is 1. The molecule has 0 aliphatic carbocycles. The van der Waals surface area contributed by atoms with Crippen molar-refractivity contribution >= 4 is 11.3 Å². The summed E-state index contributed by atoms with van der Waals surface area (Å²) in [6.45, 7) is 4.53. The molecule has 12 heavy (non-hydrogen) atoms. The Morgan fingerprint density at radius 3 is 2.92 bits per heavy atom. The highest BCUT2D eigenvalue weighted by Gasteiger charge is 2.07. The van der Waals surface area contributed by atoms with E-state index < -0.39 is 0 Å². The average Bonchev–Trinajstić information content (AvgIpc) is 2.51. The molecule has 0 amide bonds. The number of aromatic nitrogens is 1. The van der Waals surface area contributed by atoms with Gasteiger partial charge in [0.05, 0.1) is 11.6 Å².